The van der Waals surface area contributed by atoms with Crippen LogP contribution in [0.5, 0.6) is 0 Å². The zero-order chi connectivity index (χ0) is 12.1. The lowest BCUT2D eigenvalue weighted by atomic mass is 10.1. The number of hydrogen-bond acceptors (Lipinski definition) is 2. The summed E-state index contributed by atoms with van der Waals surface area (Å²) >= 11 is 0. The van der Waals surface area contributed by atoms with Crippen LogP contribution < -0.4 is 0 Å². The van der Waals surface area contributed by atoms with E-state index in [-0.39, 0.29) is 0 Å². The Bertz CT molecular complexity index is 575. The Balaban J connectivity index is 2.26. The van der Waals surface area contributed by atoms with E-state index in [2.05, 4.69) is 11.1 Å². The predicted molar refractivity (Wildman–Crippen MR) is 69.6 cm³/mol. The molecular formula is C15H12N2. The third-order valence-corrected chi connectivity index (χ3v) is 2.45. The standard InChI is InChI=1S/C15H12N2/c1-12-6-8-13(9-7-12)11-17-15-5-3-2-4-14(15)10-16/h2-9,11H,1H3. The Hall–Kier alpha value is -2.40. The first-order valence-electron chi connectivity index (χ1n) is 5.39. The second-order valence-corrected chi connectivity index (χ2v) is 3.80. The van der Waals surface area contributed by atoms with E-state index in [0.29, 0.717) is 11.3 Å². The molecule has 0 unspecified atom stereocenters. The first-order valence-corrected chi connectivity index (χ1v) is 5.39. The number of benzene rings is 2. The molecular weight excluding hydrogens is 208 g/mol. The summed E-state index contributed by atoms with van der Waals surface area (Å²) in [6.45, 7) is 2.05. The molecule has 2 aromatic carbocycles. The van der Waals surface area contributed by atoms with Crippen LogP contribution in [0.15, 0.2) is 53.5 Å². The molecule has 0 radical (unpaired) electrons. The topological polar surface area (TPSA) is 36.1 Å². The highest BCUT2D eigenvalue weighted by atomic mass is 14.7. The van der Waals surface area contributed by atoms with E-state index in [1.54, 1.807) is 12.3 Å². The minimum absolute atomic E-state index is 0.593. The molecule has 2 rings (SSSR count). The van der Waals surface area contributed by atoms with E-state index in [9.17, 15) is 0 Å². The zero-order valence-corrected chi connectivity index (χ0v) is 9.59. The van der Waals surface area contributed by atoms with Gasteiger partial charge in [-0.15, -0.1) is 0 Å². The van der Waals surface area contributed by atoms with Crippen LogP contribution in [0.4, 0.5) is 5.69 Å². The molecule has 0 bridgehead atoms. The van der Waals surface area contributed by atoms with Crippen molar-refractivity contribution in [2.75, 3.05) is 0 Å². The van der Waals surface area contributed by atoms with Gasteiger partial charge >= 0.3 is 0 Å². The van der Waals surface area contributed by atoms with Crippen LogP contribution in [0.2, 0.25) is 0 Å². The number of nitrogens with zero attached hydrogens (tertiary/aromatic N) is 2. The van der Waals surface area contributed by atoms with E-state index in [1.165, 1.54) is 5.56 Å². The van der Waals surface area contributed by atoms with Crippen molar-refractivity contribution >= 4 is 11.9 Å². The molecule has 0 saturated heterocycles. The number of aliphatic imine (C=N–C) groups is 1. The molecule has 0 atom stereocenters. The van der Waals surface area contributed by atoms with Crippen molar-refractivity contribution in [3.8, 4) is 6.07 Å². The SMILES string of the molecule is Cc1ccc(C=Nc2ccccc2C#N)cc1. The highest BCUT2D eigenvalue weighted by molar-refractivity contribution is 5.82. The summed E-state index contributed by atoms with van der Waals surface area (Å²) in [5, 5.41) is 8.93. The molecule has 0 aliphatic heterocycles. The Morgan fingerprint density at radius 2 is 1.76 bits per heavy atom. The normalized spacial score (nSPS) is 10.4. The van der Waals surface area contributed by atoms with Crippen LogP contribution in [0.1, 0.15) is 16.7 Å². The highest BCUT2D eigenvalue weighted by Gasteiger charge is 1.96. The average molecular weight is 220 g/mol. The summed E-state index contributed by atoms with van der Waals surface area (Å²) < 4.78 is 0. The van der Waals surface area contributed by atoms with E-state index in [0.717, 1.165) is 5.56 Å². The maximum absolute atomic E-state index is 8.93. The molecule has 0 fully saturated rings. The van der Waals surface area contributed by atoms with Gasteiger partial charge in [-0.25, -0.2) is 0 Å². The van der Waals surface area contributed by atoms with Gasteiger partial charge in [0.25, 0.3) is 0 Å². The third kappa shape index (κ3) is 2.79. The fourth-order valence-electron chi connectivity index (χ4n) is 1.48. The summed E-state index contributed by atoms with van der Waals surface area (Å²) in [5.74, 6) is 0. The molecule has 2 heteroatoms. The molecule has 0 saturated carbocycles. The number of hydrogen-bond donors (Lipinski definition) is 0. The van der Waals surface area contributed by atoms with E-state index < -0.39 is 0 Å². The second kappa shape index (κ2) is 5.09. The largest absolute Gasteiger partial charge is 0.255 e. The van der Waals surface area contributed by atoms with E-state index >= 15 is 0 Å². The van der Waals surface area contributed by atoms with Crippen molar-refractivity contribution < 1.29 is 0 Å². The summed E-state index contributed by atoms with van der Waals surface area (Å²) in [6, 6.07) is 17.5. The molecule has 0 heterocycles. The first-order chi connectivity index (χ1) is 8.29. The quantitative estimate of drug-likeness (QED) is 0.712. The van der Waals surface area contributed by atoms with Crippen LogP contribution in [0.3, 0.4) is 0 Å². The number of nitriles is 1. The van der Waals surface area contributed by atoms with Crippen molar-refractivity contribution in [2.24, 2.45) is 4.99 Å². The van der Waals surface area contributed by atoms with Crippen LogP contribution in [0, 0.1) is 18.3 Å². The second-order valence-electron chi connectivity index (χ2n) is 3.80. The van der Waals surface area contributed by atoms with Gasteiger partial charge < -0.3 is 0 Å². The van der Waals surface area contributed by atoms with Gasteiger partial charge in [-0.2, -0.15) is 5.26 Å². The monoisotopic (exact) mass is 220 g/mol. The molecule has 0 spiro atoms. The van der Waals surface area contributed by atoms with Gasteiger partial charge in [0.2, 0.25) is 0 Å². The van der Waals surface area contributed by atoms with Crippen molar-refractivity contribution in [3.05, 3.63) is 65.2 Å². The fourth-order valence-corrected chi connectivity index (χ4v) is 1.48. The highest BCUT2D eigenvalue weighted by Crippen LogP contribution is 2.17. The predicted octanol–water partition coefficient (Wildman–Crippen LogP) is 3.62. The van der Waals surface area contributed by atoms with Gasteiger partial charge in [-0.05, 0) is 24.6 Å². The summed E-state index contributed by atoms with van der Waals surface area (Å²) in [6.07, 6.45) is 1.77. The van der Waals surface area contributed by atoms with Crippen molar-refractivity contribution in [3.63, 3.8) is 0 Å². The average Bonchev–Trinajstić information content (AvgIpc) is 2.38. The van der Waals surface area contributed by atoms with Crippen LogP contribution in [-0.4, -0.2) is 6.21 Å². The Morgan fingerprint density at radius 1 is 1.06 bits per heavy atom. The summed E-state index contributed by atoms with van der Waals surface area (Å²) in [5.41, 5.74) is 3.55. The molecule has 0 aliphatic carbocycles. The lowest BCUT2D eigenvalue weighted by molar-refractivity contribution is 1.43. The fraction of sp³-hybridized carbons (Fsp3) is 0.0667. The number of aryl methyl sites for hydroxylation is 1. The van der Waals surface area contributed by atoms with Crippen LogP contribution in [-0.2, 0) is 0 Å². The molecule has 82 valence electrons. The van der Waals surface area contributed by atoms with Crippen molar-refractivity contribution in [1.82, 2.24) is 0 Å². The van der Waals surface area contributed by atoms with Gasteiger partial charge in [-0.1, -0.05) is 42.0 Å². The molecule has 17 heavy (non-hydrogen) atoms. The lowest BCUT2D eigenvalue weighted by Gasteiger charge is -1.97. The molecule has 0 N–H and O–H groups in total. The summed E-state index contributed by atoms with van der Waals surface area (Å²) in [4.78, 5) is 4.33. The van der Waals surface area contributed by atoms with Gasteiger partial charge in [0.05, 0.1) is 11.3 Å². The third-order valence-electron chi connectivity index (χ3n) is 2.45. The minimum Gasteiger partial charge on any atom is -0.255 e. The number of para-hydroxylation sites is 1. The minimum atomic E-state index is 0.593. The van der Waals surface area contributed by atoms with Gasteiger partial charge in [0.1, 0.15) is 6.07 Å². The molecule has 0 amide bonds. The van der Waals surface area contributed by atoms with E-state index in [4.69, 9.17) is 5.26 Å². The zero-order valence-electron chi connectivity index (χ0n) is 9.59. The van der Waals surface area contributed by atoms with Gasteiger partial charge in [-0.3, -0.25) is 4.99 Å². The maximum atomic E-state index is 8.93. The summed E-state index contributed by atoms with van der Waals surface area (Å²) in [7, 11) is 0. The lowest BCUT2D eigenvalue weighted by Crippen LogP contribution is -1.81. The Kier molecular flexibility index (Phi) is 3.32. The maximum Gasteiger partial charge on any atom is 0.101 e. The van der Waals surface area contributed by atoms with Gasteiger partial charge in [0.15, 0.2) is 0 Å². The molecule has 2 aromatic rings. The first kappa shape index (κ1) is 11.1. The van der Waals surface area contributed by atoms with Crippen molar-refractivity contribution in [1.29, 1.82) is 5.26 Å². The molecule has 0 aliphatic rings. The van der Waals surface area contributed by atoms with Crippen LogP contribution >= 0.6 is 0 Å². The van der Waals surface area contributed by atoms with Crippen molar-refractivity contribution in [2.45, 2.75) is 6.92 Å². The molecule has 0 aromatic heterocycles. The smallest absolute Gasteiger partial charge is 0.101 e. The Labute approximate surface area is 101 Å². The molecule has 2 nitrogen and oxygen atoms in total. The van der Waals surface area contributed by atoms with E-state index in [1.807, 2.05) is 49.4 Å². The number of rotatable bonds is 2. The van der Waals surface area contributed by atoms with Crippen LogP contribution in [0.25, 0.3) is 0 Å². The van der Waals surface area contributed by atoms with Gasteiger partial charge in [0, 0.05) is 6.21 Å². The Morgan fingerprint density at radius 3 is 2.47 bits per heavy atom.